The minimum Gasteiger partial charge on any atom is -0.343 e. The molecule has 0 atom stereocenters. The van der Waals surface area contributed by atoms with E-state index in [4.69, 9.17) is 0 Å². The number of carbonyl (C=O) groups is 1. The molecule has 0 spiro atoms. The van der Waals surface area contributed by atoms with Crippen LogP contribution in [0.25, 0.3) is 0 Å². The Labute approximate surface area is 120 Å². The lowest BCUT2D eigenvalue weighted by Crippen LogP contribution is -2.33. The van der Waals surface area contributed by atoms with Crippen molar-refractivity contribution in [3.05, 3.63) is 0 Å². The van der Waals surface area contributed by atoms with Crippen molar-refractivity contribution >= 4 is 5.91 Å². The van der Waals surface area contributed by atoms with E-state index in [1.54, 1.807) is 0 Å². The molecule has 0 saturated carbocycles. The van der Waals surface area contributed by atoms with Crippen LogP contribution in [0.2, 0.25) is 0 Å². The van der Waals surface area contributed by atoms with Gasteiger partial charge in [-0.2, -0.15) is 0 Å². The van der Waals surface area contributed by atoms with Crippen molar-refractivity contribution in [2.45, 2.75) is 71.6 Å². The molecule has 0 aromatic carbocycles. The minimum atomic E-state index is 0.307. The molecule has 3 nitrogen and oxygen atoms in total. The average Bonchev–Trinajstić information content (AvgIpc) is 2.43. The van der Waals surface area contributed by atoms with E-state index < -0.39 is 0 Å². The minimum absolute atomic E-state index is 0.307. The molecular weight excluding hydrogens is 236 g/mol. The number of carbonyl (C=O) groups excluding carboxylic acids is 1. The first-order valence-corrected chi connectivity index (χ1v) is 8.18. The third kappa shape index (κ3) is 11.0. The van der Waals surface area contributed by atoms with Gasteiger partial charge in [0.15, 0.2) is 0 Å². The Morgan fingerprint density at radius 2 is 1.47 bits per heavy atom. The first-order chi connectivity index (χ1) is 9.26. The van der Waals surface area contributed by atoms with Gasteiger partial charge in [0.05, 0.1) is 0 Å². The summed E-state index contributed by atoms with van der Waals surface area (Å²) in [4.78, 5) is 13.9. The van der Waals surface area contributed by atoms with Crippen molar-refractivity contribution in [3.8, 4) is 0 Å². The van der Waals surface area contributed by atoms with Crippen LogP contribution in [0.5, 0.6) is 0 Å². The molecule has 0 aliphatic rings. The van der Waals surface area contributed by atoms with Gasteiger partial charge in [-0.25, -0.2) is 0 Å². The second-order valence-electron chi connectivity index (χ2n) is 5.31. The lowest BCUT2D eigenvalue weighted by Gasteiger charge is -2.22. The highest BCUT2D eigenvalue weighted by molar-refractivity contribution is 5.75. The summed E-state index contributed by atoms with van der Waals surface area (Å²) in [5, 5.41) is 3.14. The maximum atomic E-state index is 11.8. The summed E-state index contributed by atoms with van der Waals surface area (Å²) in [6.45, 7) is 7.05. The van der Waals surface area contributed by atoms with E-state index in [1.807, 2.05) is 18.9 Å². The zero-order valence-corrected chi connectivity index (χ0v) is 13.3. The molecule has 0 aromatic heterocycles. The first-order valence-electron chi connectivity index (χ1n) is 8.18. The monoisotopic (exact) mass is 270 g/mol. The Balaban J connectivity index is 3.64. The molecule has 0 saturated heterocycles. The highest BCUT2D eigenvalue weighted by Crippen LogP contribution is 2.08. The van der Waals surface area contributed by atoms with Crippen LogP contribution >= 0.6 is 0 Å². The standard InChI is InChI=1S/C16H34N2O/c1-4-6-7-8-9-10-11-14-18(16(19)5-2)15-12-13-17-3/h17H,4-15H2,1-3H3. The largest absolute Gasteiger partial charge is 0.343 e. The van der Waals surface area contributed by atoms with E-state index in [2.05, 4.69) is 12.2 Å². The summed E-state index contributed by atoms with van der Waals surface area (Å²) in [6.07, 6.45) is 10.8. The third-order valence-corrected chi connectivity index (χ3v) is 3.54. The van der Waals surface area contributed by atoms with Gasteiger partial charge in [0.1, 0.15) is 0 Å². The van der Waals surface area contributed by atoms with Crippen LogP contribution in [0.1, 0.15) is 71.6 Å². The quantitative estimate of drug-likeness (QED) is 0.519. The van der Waals surface area contributed by atoms with Crippen molar-refractivity contribution in [2.24, 2.45) is 0 Å². The van der Waals surface area contributed by atoms with Gasteiger partial charge in [0.25, 0.3) is 0 Å². The second kappa shape index (κ2) is 13.9. The lowest BCUT2D eigenvalue weighted by atomic mass is 10.1. The Kier molecular flexibility index (Phi) is 13.4. The fourth-order valence-electron chi connectivity index (χ4n) is 2.29. The summed E-state index contributed by atoms with van der Waals surface area (Å²) in [7, 11) is 1.96. The van der Waals surface area contributed by atoms with Crippen LogP contribution in [0.15, 0.2) is 0 Å². The Morgan fingerprint density at radius 3 is 2.05 bits per heavy atom. The Bertz CT molecular complexity index is 207. The van der Waals surface area contributed by atoms with Gasteiger partial charge in [-0.1, -0.05) is 52.4 Å². The molecule has 3 heteroatoms. The van der Waals surface area contributed by atoms with E-state index in [0.29, 0.717) is 12.3 Å². The van der Waals surface area contributed by atoms with Crippen LogP contribution < -0.4 is 5.32 Å². The van der Waals surface area contributed by atoms with Crippen LogP contribution in [0.4, 0.5) is 0 Å². The molecule has 1 amide bonds. The van der Waals surface area contributed by atoms with Crippen molar-refractivity contribution in [2.75, 3.05) is 26.7 Å². The Morgan fingerprint density at radius 1 is 0.895 bits per heavy atom. The van der Waals surface area contributed by atoms with Crippen molar-refractivity contribution < 1.29 is 4.79 Å². The molecule has 0 fully saturated rings. The molecule has 0 unspecified atom stereocenters. The molecule has 0 heterocycles. The fourth-order valence-corrected chi connectivity index (χ4v) is 2.29. The smallest absolute Gasteiger partial charge is 0.222 e. The summed E-state index contributed by atoms with van der Waals surface area (Å²) < 4.78 is 0. The third-order valence-electron chi connectivity index (χ3n) is 3.54. The highest BCUT2D eigenvalue weighted by atomic mass is 16.2. The number of amides is 1. The lowest BCUT2D eigenvalue weighted by molar-refractivity contribution is -0.131. The molecule has 0 aliphatic carbocycles. The number of hydrogen-bond acceptors (Lipinski definition) is 2. The van der Waals surface area contributed by atoms with Crippen molar-refractivity contribution in [3.63, 3.8) is 0 Å². The van der Waals surface area contributed by atoms with Gasteiger partial charge >= 0.3 is 0 Å². The summed E-state index contributed by atoms with van der Waals surface area (Å²) in [5.74, 6) is 0.307. The van der Waals surface area contributed by atoms with E-state index in [0.717, 1.165) is 32.5 Å². The Hall–Kier alpha value is -0.570. The normalized spacial score (nSPS) is 10.7. The first kappa shape index (κ1) is 18.4. The number of rotatable bonds is 13. The van der Waals surface area contributed by atoms with Crippen LogP contribution in [-0.2, 0) is 4.79 Å². The summed E-state index contributed by atoms with van der Waals surface area (Å²) in [6, 6.07) is 0. The maximum Gasteiger partial charge on any atom is 0.222 e. The molecule has 1 N–H and O–H groups in total. The molecule has 19 heavy (non-hydrogen) atoms. The topological polar surface area (TPSA) is 32.3 Å². The zero-order valence-electron chi connectivity index (χ0n) is 13.3. The van der Waals surface area contributed by atoms with Crippen molar-refractivity contribution in [1.29, 1.82) is 0 Å². The second-order valence-corrected chi connectivity index (χ2v) is 5.31. The summed E-state index contributed by atoms with van der Waals surface area (Å²) in [5.41, 5.74) is 0. The molecule has 114 valence electrons. The molecule has 0 radical (unpaired) electrons. The van der Waals surface area contributed by atoms with Crippen LogP contribution in [0.3, 0.4) is 0 Å². The van der Waals surface area contributed by atoms with Crippen LogP contribution in [-0.4, -0.2) is 37.5 Å². The number of hydrogen-bond donors (Lipinski definition) is 1. The van der Waals surface area contributed by atoms with E-state index in [9.17, 15) is 4.79 Å². The number of nitrogens with one attached hydrogen (secondary N) is 1. The van der Waals surface area contributed by atoms with E-state index in [1.165, 1.54) is 38.5 Å². The number of unbranched alkanes of at least 4 members (excludes halogenated alkanes) is 6. The van der Waals surface area contributed by atoms with Gasteiger partial charge < -0.3 is 10.2 Å². The van der Waals surface area contributed by atoms with Crippen LogP contribution in [0, 0.1) is 0 Å². The molecule has 0 bridgehead atoms. The maximum absolute atomic E-state index is 11.8. The molecular formula is C16H34N2O. The molecule has 0 aromatic rings. The van der Waals surface area contributed by atoms with Gasteiger partial charge in [0, 0.05) is 19.5 Å². The molecule has 0 rings (SSSR count). The van der Waals surface area contributed by atoms with E-state index >= 15 is 0 Å². The highest BCUT2D eigenvalue weighted by Gasteiger charge is 2.09. The van der Waals surface area contributed by atoms with Gasteiger partial charge in [-0.05, 0) is 26.4 Å². The van der Waals surface area contributed by atoms with E-state index in [-0.39, 0.29) is 0 Å². The number of nitrogens with zero attached hydrogens (tertiary/aromatic N) is 1. The van der Waals surface area contributed by atoms with Gasteiger partial charge in [-0.15, -0.1) is 0 Å². The van der Waals surface area contributed by atoms with Gasteiger partial charge in [-0.3, -0.25) is 4.79 Å². The zero-order chi connectivity index (χ0) is 14.3. The summed E-state index contributed by atoms with van der Waals surface area (Å²) >= 11 is 0. The average molecular weight is 270 g/mol. The molecule has 0 aliphatic heterocycles. The predicted octanol–water partition coefficient (Wildman–Crippen LogP) is 3.59. The van der Waals surface area contributed by atoms with Crippen molar-refractivity contribution in [1.82, 2.24) is 10.2 Å². The van der Waals surface area contributed by atoms with Gasteiger partial charge in [0.2, 0.25) is 5.91 Å². The predicted molar refractivity (Wildman–Crippen MR) is 83.4 cm³/mol. The SMILES string of the molecule is CCCCCCCCCN(CCCNC)C(=O)CC. The fraction of sp³-hybridized carbons (Fsp3) is 0.938.